The summed E-state index contributed by atoms with van der Waals surface area (Å²) >= 11 is 0. The van der Waals surface area contributed by atoms with Crippen LogP contribution in [0.25, 0.3) is 11.0 Å². The quantitative estimate of drug-likeness (QED) is 0.861. The molecule has 0 aliphatic carbocycles. The monoisotopic (exact) mass is 260 g/mol. The highest BCUT2D eigenvalue weighted by Gasteiger charge is 2.29. The number of benzene rings is 1. The first-order chi connectivity index (χ1) is 8.71. The van der Waals surface area contributed by atoms with Crippen LogP contribution in [-0.4, -0.2) is 11.1 Å². The molecule has 2 rings (SSSR count). The van der Waals surface area contributed by atoms with E-state index in [-0.39, 0.29) is 11.2 Å². The summed E-state index contributed by atoms with van der Waals surface area (Å²) in [7, 11) is 0. The van der Waals surface area contributed by atoms with Gasteiger partial charge >= 0.3 is 5.97 Å². The van der Waals surface area contributed by atoms with Crippen LogP contribution in [0.15, 0.2) is 22.6 Å². The Morgan fingerprint density at radius 1 is 1.26 bits per heavy atom. The maximum absolute atomic E-state index is 11.4. The third kappa shape index (κ3) is 2.37. The van der Waals surface area contributed by atoms with Crippen LogP contribution in [-0.2, 0) is 5.41 Å². The van der Waals surface area contributed by atoms with Gasteiger partial charge in [0.2, 0.25) is 5.76 Å². The first-order valence-corrected chi connectivity index (χ1v) is 6.52. The lowest BCUT2D eigenvalue weighted by Gasteiger charge is -2.18. The minimum Gasteiger partial charge on any atom is -0.475 e. The van der Waals surface area contributed by atoms with Gasteiger partial charge in [0, 0.05) is 10.9 Å². The van der Waals surface area contributed by atoms with Gasteiger partial charge in [-0.15, -0.1) is 0 Å². The molecular formula is C16H20O3. The van der Waals surface area contributed by atoms with Gasteiger partial charge < -0.3 is 9.52 Å². The van der Waals surface area contributed by atoms with Crippen LogP contribution >= 0.6 is 0 Å². The molecule has 0 spiro atoms. The Morgan fingerprint density at radius 3 is 2.37 bits per heavy atom. The number of hydrogen-bond acceptors (Lipinski definition) is 2. The molecule has 0 atom stereocenters. The zero-order chi connectivity index (χ0) is 14.4. The summed E-state index contributed by atoms with van der Waals surface area (Å²) in [6.45, 7) is 10.3. The predicted octanol–water partition coefficient (Wildman–Crippen LogP) is 4.55. The molecular weight excluding hydrogens is 240 g/mol. The number of furan rings is 1. The lowest BCUT2D eigenvalue weighted by atomic mass is 9.84. The number of rotatable bonds is 2. The van der Waals surface area contributed by atoms with Crippen molar-refractivity contribution in [1.29, 1.82) is 0 Å². The van der Waals surface area contributed by atoms with Crippen molar-refractivity contribution in [1.82, 2.24) is 0 Å². The van der Waals surface area contributed by atoms with Gasteiger partial charge in [0.1, 0.15) is 5.58 Å². The van der Waals surface area contributed by atoms with Crippen molar-refractivity contribution in [3.63, 3.8) is 0 Å². The maximum Gasteiger partial charge on any atom is 0.372 e. The summed E-state index contributed by atoms with van der Waals surface area (Å²) in [5.41, 5.74) is 2.34. The second-order valence-corrected chi connectivity index (χ2v) is 6.27. The lowest BCUT2D eigenvalue weighted by Crippen LogP contribution is -2.15. The smallest absolute Gasteiger partial charge is 0.372 e. The number of fused-ring (bicyclic) bond motifs is 1. The van der Waals surface area contributed by atoms with E-state index < -0.39 is 5.97 Å². The van der Waals surface area contributed by atoms with Crippen LogP contribution in [0.5, 0.6) is 0 Å². The molecule has 0 aliphatic heterocycles. The molecule has 1 aromatic heterocycles. The van der Waals surface area contributed by atoms with Gasteiger partial charge in [0.05, 0.1) is 0 Å². The van der Waals surface area contributed by atoms with Crippen molar-refractivity contribution in [3.05, 3.63) is 35.1 Å². The molecule has 0 saturated carbocycles. The van der Waals surface area contributed by atoms with E-state index in [0.29, 0.717) is 11.5 Å². The third-order valence-corrected chi connectivity index (χ3v) is 3.32. The number of carboxylic acids is 1. The summed E-state index contributed by atoms with van der Waals surface area (Å²) in [5, 5.41) is 10.2. The van der Waals surface area contributed by atoms with E-state index in [1.807, 2.05) is 32.9 Å². The average Bonchev–Trinajstić information content (AvgIpc) is 2.66. The Kier molecular flexibility index (Phi) is 3.17. The molecule has 3 heteroatoms. The van der Waals surface area contributed by atoms with E-state index in [0.717, 1.165) is 10.9 Å². The molecule has 0 amide bonds. The molecule has 1 N–H and O–H groups in total. The summed E-state index contributed by atoms with van der Waals surface area (Å²) in [6.07, 6.45) is 0. The fourth-order valence-corrected chi connectivity index (χ4v) is 2.37. The largest absolute Gasteiger partial charge is 0.475 e. The minimum atomic E-state index is -1.01. The Labute approximate surface area is 113 Å². The van der Waals surface area contributed by atoms with Gasteiger partial charge in [-0.1, -0.05) is 40.7 Å². The van der Waals surface area contributed by atoms with Gasteiger partial charge in [0.25, 0.3) is 0 Å². The number of hydrogen-bond donors (Lipinski definition) is 1. The van der Waals surface area contributed by atoms with Crippen molar-refractivity contribution in [2.45, 2.75) is 46.0 Å². The van der Waals surface area contributed by atoms with Crippen molar-refractivity contribution >= 4 is 16.9 Å². The zero-order valence-corrected chi connectivity index (χ0v) is 12.1. The zero-order valence-electron chi connectivity index (χ0n) is 12.1. The normalized spacial score (nSPS) is 12.3. The van der Waals surface area contributed by atoms with E-state index in [1.165, 1.54) is 5.56 Å². The molecule has 102 valence electrons. The SMILES string of the molecule is CC(C)c1ccc2oc(C(=O)O)c(C(C)(C)C)c2c1. The molecule has 2 aromatic rings. The molecule has 19 heavy (non-hydrogen) atoms. The minimum absolute atomic E-state index is 0.0587. The van der Waals surface area contributed by atoms with Gasteiger partial charge in [-0.25, -0.2) is 4.79 Å². The highest BCUT2D eigenvalue weighted by molar-refractivity contribution is 5.96. The highest BCUT2D eigenvalue weighted by atomic mass is 16.4. The van der Waals surface area contributed by atoms with Crippen molar-refractivity contribution in [3.8, 4) is 0 Å². The fraction of sp³-hybridized carbons (Fsp3) is 0.438. The number of carbonyl (C=O) groups is 1. The summed E-state index contributed by atoms with van der Waals surface area (Å²) in [5.74, 6) is -0.545. The van der Waals surface area contributed by atoms with E-state index in [1.54, 1.807) is 0 Å². The van der Waals surface area contributed by atoms with E-state index in [4.69, 9.17) is 4.42 Å². The second kappa shape index (κ2) is 4.41. The number of carboxylic acid groups (broad SMARTS) is 1. The standard InChI is InChI=1S/C16H20O3/c1-9(2)10-6-7-12-11(8-10)13(16(3,4)5)14(19-12)15(17)18/h6-9H,1-5H3,(H,17,18). The van der Waals surface area contributed by atoms with Crippen LogP contribution < -0.4 is 0 Å². The first-order valence-electron chi connectivity index (χ1n) is 6.52. The van der Waals surface area contributed by atoms with Crippen molar-refractivity contribution in [2.24, 2.45) is 0 Å². The van der Waals surface area contributed by atoms with E-state index in [9.17, 15) is 9.90 Å². The Bertz CT molecular complexity index is 627. The molecule has 0 radical (unpaired) electrons. The molecule has 1 heterocycles. The van der Waals surface area contributed by atoms with Crippen LogP contribution in [0.3, 0.4) is 0 Å². The topological polar surface area (TPSA) is 50.4 Å². The third-order valence-electron chi connectivity index (χ3n) is 3.32. The summed E-state index contributed by atoms with van der Waals surface area (Å²) in [6, 6.07) is 5.91. The molecule has 0 unspecified atom stereocenters. The van der Waals surface area contributed by atoms with Crippen molar-refractivity contribution in [2.75, 3.05) is 0 Å². The van der Waals surface area contributed by atoms with E-state index in [2.05, 4.69) is 19.9 Å². The van der Waals surface area contributed by atoms with Crippen molar-refractivity contribution < 1.29 is 14.3 Å². The number of aromatic carboxylic acids is 1. The molecule has 0 aliphatic rings. The van der Waals surface area contributed by atoms with Crippen LogP contribution in [0.1, 0.15) is 62.2 Å². The molecule has 0 saturated heterocycles. The first kappa shape index (κ1) is 13.7. The molecule has 1 aromatic carbocycles. The van der Waals surface area contributed by atoms with Gasteiger partial charge in [-0.3, -0.25) is 0 Å². The Hall–Kier alpha value is -1.77. The molecule has 0 fully saturated rings. The summed E-state index contributed by atoms with van der Waals surface area (Å²) < 4.78 is 5.52. The average molecular weight is 260 g/mol. The second-order valence-electron chi connectivity index (χ2n) is 6.27. The van der Waals surface area contributed by atoms with Gasteiger partial charge in [0.15, 0.2) is 0 Å². The van der Waals surface area contributed by atoms with E-state index >= 15 is 0 Å². The maximum atomic E-state index is 11.4. The Balaban J connectivity index is 2.82. The van der Waals surface area contributed by atoms with Crippen LogP contribution in [0, 0.1) is 0 Å². The predicted molar refractivity (Wildman–Crippen MR) is 76.0 cm³/mol. The van der Waals surface area contributed by atoms with Crippen LogP contribution in [0.4, 0.5) is 0 Å². The summed E-state index contributed by atoms with van der Waals surface area (Å²) in [4.78, 5) is 11.4. The van der Waals surface area contributed by atoms with Gasteiger partial charge in [-0.05, 0) is 29.0 Å². The molecule has 0 bridgehead atoms. The lowest BCUT2D eigenvalue weighted by molar-refractivity contribution is 0.0661. The van der Waals surface area contributed by atoms with Crippen LogP contribution in [0.2, 0.25) is 0 Å². The highest BCUT2D eigenvalue weighted by Crippen LogP contribution is 2.36. The van der Waals surface area contributed by atoms with Gasteiger partial charge in [-0.2, -0.15) is 0 Å². The molecule has 3 nitrogen and oxygen atoms in total. The Morgan fingerprint density at radius 2 is 1.89 bits per heavy atom. The fourth-order valence-electron chi connectivity index (χ4n) is 2.37.